The number of rotatable bonds is 1. The van der Waals surface area contributed by atoms with E-state index < -0.39 is 0 Å². The Kier molecular flexibility index (Phi) is 2.46. The van der Waals surface area contributed by atoms with Crippen LogP contribution in [0.4, 0.5) is 0 Å². The number of hydrogen-bond donors (Lipinski definition) is 2. The molecule has 0 aliphatic carbocycles. The molecule has 13 heavy (non-hydrogen) atoms. The zero-order valence-corrected chi connectivity index (χ0v) is 8.02. The Morgan fingerprint density at radius 1 is 1.38 bits per heavy atom. The topological polar surface area (TPSA) is 50.4 Å². The lowest BCUT2D eigenvalue weighted by atomic mass is 9.92. The van der Waals surface area contributed by atoms with Gasteiger partial charge >= 0.3 is 0 Å². The Labute approximate surface area is 82.0 Å². The van der Waals surface area contributed by atoms with Gasteiger partial charge in [0.15, 0.2) is 5.11 Å². The van der Waals surface area contributed by atoms with Gasteiger partial charge in [-0.2, -0.15) is 0 Å². The van der Waals surface area contributed by atoms with Crippen LogP contribution in [0.5, 0.6) is 0 Å². The highest BCUT2D eigenvalue weighted by Crippen LogP contribution is 2.20. The lowest BCUT2D eigenvalue weighted by Gasteiger charge is -2.25. The van der Waals surface area contributed by atoms with Gasteiger partial charge in [0.05, 0.1) is 0 Å². The Morgan fingerprint density at radius 3 is 2.62 bits per heavy atom. The van der Waals surface area contributed by atoms with E-state index in [0.29, 0.717) is 11.0 Å². The second kappa shape index (κ2) is 3.59. The minimum atomic E-state index is -0.128. The number of nitrogens with one attached hydrogen (secondary N) is 2. The van der Waals surface area contributed by atoms with Gasteiger partial charge in [0.1, 0.15) is 6.04 Å². The lowest BCUT2D eigenvalue weighted by Crippen LogP contribution is -2.39. The van der Waals surface area contributed by atoms with Crippen molar-refractivity contribution in [1.29, 1.82) is 0 Å². The molecule has 0 radical (unpaired) electrons. The predicted octanol–water partition coefficient (Wildman–Crippen LogP) is -0.214. The normalized spacial score (nSPS) is 30.0. The maximum Gasteiger partial charge on any atom is 0.248 e. The van der Waals surface area contributed by atoms with Crippen molar-refractivity contribution in [2.24, 2.45) is 5.92 Å². The first kappa shape index (κ1) is 8.90. The van der Waals surface area contributed by atoms with Crippen molar-refractivity contribution in [1.82, 2.24) is 10.6 Å². The van der Waals surface area contributed by atoms with Gasteiger partial charge in [-0.25, -0.2) is 0 Å². The second-order valence-corrected chi connectivity index (χ2v) is 3.80. The number of thiocarbonyl (C=S) groups is 1. The van der Waals surface area contributed by atoms with E-state index in [9.17, 15) is 4.79 Å². The third-order valence-electron chi connectivity index (χ3n) is 2.54. The average Bonchev–Trinajstić information content (AvgIpc) is 2.47. The lowest BCUT2D eigenvalue weighted by molar-refractivity contribution is -0.122. The van der Waals surface area contributed by atoms with Crippen LogP contribution in [-0.2, 0) is 9.53 Å². The molecule has 0 aromatic heterocycles. The van der Waals surface area contributed by atoms with Gasteiger partial charge in [0.2, 0.25) is 5.91 Å². The first-order chi connectivity index (χ1) is 6.27. The molecule has 5 heteroatoms. The quantitative estimate of drug-likeness (QED) is 0.575. The van der Waals surface area contributed by atoms with E-state index in [1.54, 1.807) is 0 Å². The third-order valence-corrected chi connectivity index (χ3v) is 2.76. The molecule has 0 spiro atoms. The van der Waals surface area contributed by atoms with Gasteiger partial charge in [-0.3, -0.25) is 4.79 Å². The molecule has 1 amide bonds. The van der Waals surface area contributed by atoms with E-state index in [4.69, 9.17) is 17.0 Å². The summed E-state index contributed by atoms with van der Waals surface area (Å²) in [5, 5.41) is 6.05. The second-order valence-electron chi connectivity index (χ2n) is 3.39. The first-order valence-electron chi connectivity index (χ1n) is 4.46. The molecule has 2 aliphatic heterocycles. The molecule has 0 saturated carbocycles. The maximum absolute atomic E-state index is 11.4. The molecular weight excluding hydrogens is 188 g/mol. The fraction of sp³-hybridized carbons (Fsp3) is 0.750. The van der Waals surface area contributed by atoms with Crippen LogP contribution in [0, 0.1) is 5.92 Å². The zero-order valence-electron chi connectivity index (χ0n) is 7.21. The highest BCUT2D eigenvalue weighted by molar-refractivity contribution is 7.80. The van der Waals surface area contributed by atoms with E-state index >= 15 is 0 Å². The largest absolute Gasteiger partial charge is 0.381 e. The summed E-state index contributed by atoms with van der Waals surface area (Å²) in [5.41, 5.74) is 0. The van der Waals surface area contributed by atoms with Crippen LogP contribution in [0.2, 0.25) is 0 Å². The number of ether oxygens (including phenoxy) is 1. The maximum atomic E-state index is 11.4. The third kappa shape index (κ3) is 1.81. The van der Waals surface area contributed by atoms with Crippen molar-refractivity contribution in [3.05, 3.63) is 0 Å². The van der Waals surface area contributed by atoms with Crippen LogP contribution in [0.15, 0.2) is 0 Å². The molecule has 4 nitrogen and oxygen atoms in total. The van der Waals surface area contributed by atoms with Gasteiger partial charge in [0, 0.05) is 13.2 Å². The van der Waals surface area contributed by atoms with E-state index in [0.717, 1.165) is 26.1 Å². The average molecular weight is 200 g/mol. The Morgan fingerprint density at radius 2 is 2.08 bits per heavy atom. The van der Waals surface area contributed by atoms with Crippen LogP contribution in [-0.4, -0.2) is 30.3 Å². The van der Waals surface area contributed by atoms with E-state index in [-0.39, 0.29) is 11.9 Å². The summed E-state index contributed by atoms with van der Waals surface area (Å²) in [6.07, 6.45) is 1.88. The molecule has 2 heterocycles. The smallest absolute Gasteiger partial charge is 0.248 e. The molecule has 1 atom stereocenters. The molecule has 2 rings (SSSR count). The minimum absolute atomic E-state index is 0.0110. The van der Waals surface area contributed by atoms with Crippen molar-refractivity contribution >= 4 is 23.2 Å². The van der Waals surface area contributed by atoms with Crippen molar-refractivity contribution in [2.45, 2.75) is 18.9 Å². The van der Waals surface area contributed by atoms with Gasteiger partial charge < -0.3 is 15.4 Å². The molecular formula is C8H12N2O2S. The standard InChI is InChI=1S/C8H12N2O2S/c11-7-6(9-8(13)10-7)5-1-3-12-4-2-5/h5-6H,1-4H2,(H2,9,10,11,13). The van der Waals surface area contributed by atoms with E-state index in [1.165, 1.54) is 0 Å². The Hall–Kier alpha value is -0.680. The van der Waals surface area contributed by atoms with Crippen molar-refractivity contribution in [3.8, 4) is 0 Å². The van der Waals surface area contributed by atoms with Gasteiger partial charge in [0.25, 0.3) is 0 Å². The molecule has 2 N–H and O–H groups in total. The number of amides is 1. The Balaban J connectivity index is 1.99. The molecule has 0 bridgehead atoms. The highest BCUT2D eigenvalue weighted by Gasteiger charge is 2.34. The number of hydrogen-bond acceptors (Lipinski definition) is 3. The first-order valence-corrected chi connectivity index (χ1v) is 4.87. The predicted molar refractivity (Wildman–Crippen MR) is 51.2 cm³/mol. The van der Waals surface area contributed by atoms with E-state index in [2.05, 4.69) is 10.6 Å². The number of carbonyl (C=O) groups excluding carboxylic acids is 1. The van der Waals surface area contributed by atoms with Crippen LogP contribution in [0.3, 0.4) is 0 Å². The SMILES string of the molecule is O=C1NC(=S)NC1C1CCOCC1. The van der Waals surface area contributed by atoms with Crippen molar-refractivity contribution in [2.75, 3.05) is 13.2 Å². The zero-order chi connectivity index (χ0) is 9.26. The van der Waals surface area contributed by atoms with Crippen LogP contribution in [0.25, 0.3) is 0 Å². The summed E-state index contributed by atoms with van der Waals surface area (Å²) in [4.78, 5) is 11.4. The Bertz CT molecular complexity index is 238. The van der Waals surface area contributed by atoms with Gasteiger partial charge in [-0.05, 0) is 31.0 Å². The molecule has 0 aromatic carbocycles. The molecule has 2 aliphatic rings. The fourth-order valence-electron chi connectivity index (χ4n) is 1.81. The summed E-state index contributed by atoms with van der Waals surface area (Å²) >= 11 is 4.87. The summed E-state index contributed by atoms with van der Waals surface area (Å²) < 4.78 is 5.23. The van der Waals surface area contributed by atoms with Crippen LogP contribution >= 0.6 is 12.2 Å². The molecule has 0 aromatic rings. The molecule has 2 fully saturated rings. The summed E-state index contributed by atoms with van der Waals surface area (Å²) in [6, 6.07) is -0.128. The van der Waals surface area contributed by atoms with Crippen molar-refractivity contribution in [3.63, 3.8) is 0 Å². The van der Waals surface area contributed by atoms with Crippen molar-refractivity contribution < 1.29 is 9.53 Å². The highest BCUT2D eigenvalue weighted by atomic mass is 32.1. The number of carbonyl (C=O) groups is 1. The minimum Gasteiger partial charge on any atom is -0.381 e. The molecule has 72 valence electrons. The molecule has 2 saturated heterocycles. The van der Waals surface area contributed by atoms with Gasteiger partial charge in [-0.15, -0.1) is 0 Å². The van der Waals surface area contributed by atoms with E-state index in [1.807, 2.05) is 0 Å². The summed E-state index contributed by atoms with van der Waals surface area (Å²) in [5.74, 6) is 0.381. The van der Waals surface area contributed by atoms with Gasteiger partial charge in [-0.1, -0.05) is 0 Å². The van der Waals surface area contributed by atoms with Crippen LogP contribution < -0.4 is 10.6 Å². The summed E-state index contributed by atoms with van der Waals surface area (Å²) in [6.45, 7) is 1.51. The molecule has 1 unspecified atom stereocenters. The monoisotopic (exact) mass is 200 g/mol. The summed E-state index contributed by atoms with van der Waals surface area (Å²) in [7, 11) is 0. The van der Waals surface area contributed by atoms with Crippen LogP contribution in [0.1, 0.15) is 12.8 Å². The fourth-order valence-corrected chi connectivity index (χ4v) is 2.04.